The highest BCUT2D eigenvalue weighted by Gasteiger charge is 1.99. The maximum atomic E-state index is 11.0. The van der Waals surface area contributed by atoms with Crippen LogP contribution < -0.4 is 10.6 Å². The van der Waals surface area contributed by atoms with Crippen molar-refractivity contribution in [3.63, 3.8) is 0 Å². The summed E-state index contributed by atoms with van der Waals surface area (Å²) in [5, 5.41) is 5.46. The first kappa shape index (κ1) is 13.0. The maximum Gasteiger partial charge on any atom is 0.230 e. The first-order chi connectivity index (χ1) is 7.61. The van der Waals surface area contributed by atoms with Crippen LogP contribution in [0.15, 0.2) is 24.3 Å². The van der Waals surface area contributed by atoms with Crippen molar-refractivity contribution in [2.45, 2.75) is 13.5 Å². The van der Waals surface area contributed by atoms with E-state index in [9.17, 15) is 9.59 Å². The van der Waals surface area contributed by atoms with Crippen LogP contribution in [-0.4, -0.2) is 16.2 Å². The number of anilines is 1. The average molecular weight is 332 g/mol. The van der Waals surface area contributed by atoms with Gasteiger partial charge >= 0.3 is 0 Å². The summed E-state index contributed by atoms with van der Waals surface area (Å²) in [6.45, 7) is 1.98. The number of rotatable bonds is 4. The molecule has 1 rings (SSSR count). The SMILES string of the molecule is CC(=O)Nc1ccc(CNC(=O)CI)cc1. The van der Waals surface area contributed by atoms with Gasteiger partial charge in [0.15, 0.2) is 0 Å². The van der Waals surface area contributed by atoms with Crippen LogP contribution in [0.2, 0.25) is 0 Å². The van der Waals surface area contributed by atoms with Crippen LogP contribution in [0, 0.1) is 0 Å². The maximum absolute atomic E-state index is 11.0. The van der Waals surface area contributed by atoms with Crippen molar-refractivity contribution in [2.24, 2.45) is 0 Å². The molecule has 16 heavy (non-hydrogen) atoms. The van der Waals surface area contributed by atoms with Gasteiger partial charge in [0.05, 0.1) is 4.43 Å². The molecule has 0 aromatic heterocycles. The number of nitrogens with one attached hydrogen (secondary N) is 2. The third kappa shape index (κ3) is 4.61. The number of amides is 2. The second kappa shape index (κ2) is 6.47. The highest BCUT2D eigenvalue weighted by molar-refractivity contribution is 14.1. The van der Waals surface area contributed by atoms with Gasteiger partial charge in [-0.15, -0.1) is 0 Å². The fourth-order valence-electron chi connectivity index (χ4n) is 1.16. The molecule has 86 valence electrons. The molecular formula is C11H13IN2O2. The minimum atomic E-state index is -0.0917. The summed E-state index contributed by atoms with van der Waals surface area (Å²) in [6.07, 6.45) is 0. The molecule has 0 atom stereocenters. The van der Waals surface area contributed by atoms with Gasteiger partial charge in [-0.3, -0.25) is 9.59 Å². The third-order valence-electron chi connectivity index (χ3n) is 1.89. The van der Waals surface area contributed by atoms with Crippen molar-refractivity contribution in [3.8, 4) is 0 Å². The van der Waals surface area contributed by atoms with E-state index in [1.54, 1.807) is 0 Å². The summed E-state index contributed by atoms with van der Waals surface area (Å²) in [4.78, 5) is 21.8. The van der Waals surface area contributed by atoms with Crippen molar-refractivity contribution >= 4 is 40.1 Å². The van der Waals surface area contributed by atoms with Gasteiger partial charge in [0.1, 0.15) is 0 Å². The smallest absolute Gasteiger partial charge is 0.230 e. The van der Waals surface area contributed by atoms with Crippen molar-refractivity contribution in [1.29, 1.82) is 0 Å². The molecule has 0 aliphatic heterocycles. The molecule has 5 heteroatoms. The number of hydrogen-bond acceptors (Lipinski definition) is 2. The van der Waals surface area contributed by atoms with Crippen molar-refractivity contribution in [2.75, 3.05) is 9.74 Å². The lowest BCUT2D eigenvalue weighted by molar-refractivity contribution is -0.118. The highest BCUT2D eigenvalue weighted by atomic mass is 127. The van der Waals surface area contributed by atoms with Crippen molar-refractivity contribution in [3.05, 3.63) is 29.8 Å². The minimum Gasteiger partial charge on any atom is -0.351 e. The van der Waals surface area contributed by atoms with Gasteiger partial charge in [-0.2, -0.15) is 0 Å². The first-order valence-corrected chi connectivity index (χ1v) is 6.33. The van der Waals surface area contributed by atoms with Crippen LogP contribution in [0.4, 0.5) is 5.69 Å². The van der Waals surface area contributed by atoms with Crippen molar-refractivity contribution < 1.29 is 9.59 Å². The Balaban J connectivity index is 2.51. The second-order valence-corrected chi connectivity index (χ2v) is 4.05. The third-order valence-corrected chi connectivity index (χ3v) is 2.58. The van der Waals surface area contributed by atoms with Crippen LogP contribution in [0.25, 0.3) is 0 Å². The predicted molar refractivity (Wildman–Crippen MR) is 71.5 cm³/mol. The lowest BCUT2D eigenvalue weighted by Gasteiger charge is -2.05. The standard InChI is InChI=1S/C11H13IN2O2/c1-8(15)14-10-4-2-9(3-5-10)7-13-11(16)6-12/h2-5H,6-7H2,1H3,(H,13,16)(H,14,15). The van der Waals surface area contributed by atoms with E-state index in [1.165, 1.54) is 6.92 Å². The lowest BCUT2D eigenvalue weighted by Crippen LogP contribution is -2.23. The van der Waals surface area contributed by atoms with Crippen LogP contribution >= 0.6 is 22.6 Å². The molecule has 0 aliphatic carbocycles. The number of alkyl halides is 1. The Morgan fingerprint density at radius 3 is 2.38 bits per heavy atom. The van der Waals surface area contributed by atoms with Gasteiger partial charge in [0.25, 0.3) is 0 Å². The van der Waals surface area contributed by atoms with Gasteiger partial charge in [-0.05, 0) is 17.7 Å². The molecule has 0 fully saturated rings. The van der Waals surface area contributed by atoms with E-state index in [-0.39, 0.29) is 11.8 Å². The monoisotopic (exact) mass is 332 g/mol. The first-order valence-electron chi connectivity index (χ1n) is 4.81. The Hall–Kier alpha value is -1.11. The van der Waals surface area contributed by atoms with E-state index >= 15 is 0 Å². The molecule has 0 saturated carbocycles. The lowest BCUT2D eigenvalue weighted by atomic mass is 10.2. The van der Waals surface area contributed by atoms with E-state index in [0.717, 1.165) is 11.3 Å². The summed E-state index contributed by atoms with van der Waals surface area (Å²) in [6, 6.07) is 7.37. The molecular weight excluding hydrogens is 319 g/mol. The molecule has 0 bridgehead atoms. The van der Waals surface area contributed by atoms with Crippen LogP contribution in [0.1, 0.15) is 12.5 Å². The zero-order valence-corrected chi connectivity index (χ0v) is 11.1. The van der Waals surface area contributed by atoms with E-state index in [4.69, 9.17) is 0 Å². The Kier molecular flexibility index (Phi) is 5.24. The Morgan fingerprint density at radius 1 is 1.25 bits per heavy atom. The van der Waals surface area contributed by atoms with E-state index in [1.807, 2.05) is 46.9 Å². The van der Waals surface area contributed by atoms with Crippen LogP contribution in [0.5, 0.6) is 0 Å². The molecule has 0 aliphatic rings. The second-order valence-electron chi connectivity index (χ2n) is 3.29. The largest absolute Gasteiger partial charge is 0.351 e. The fraction of sp³-hybridized carbons (Fsp3) is 0.273. The number of benzene rings is 1. The van der Waals surface area contributed by atoms with Gasteiger partial charge in [0, 0.05) is 19.2 Å². The minimum absolute atomic E-state index is 0.0199. The van der Waals surface area contributed by atoms with Gasteiger partial charge < -0.3 is 10.6 Å². The Morgan fingerprint density at radius 2 is 1.88 bits per heavy atom. The Labute approximate surface area is 108 Å². The summed E-state index contributed by atoms with van der Waals surface area (Å²) in [5.41, 5.74) is 1.77. The number of carbonyl (C=O) groups is 2. The van der Waals surface area contributed by atoms with Crippen LogP contribution in [0.3, 0.4) is 0 Å². The molecule has 1 aromatic rings. The summed E-state index contributed by atoms with van der Waals surface area (Å²) < 4.78 is 0.460. The summed E-state index contributed by atoms with van der Waals surface area (Å²) in [7, 11) is 0. The van der Waals surface area contributed by atoms with E-state index in [2.05, 4.69) is 10.6 Å². The highest BCUT2D eigenvalue weighted by Crippen LogP contribution is 2.09. The molecule has 0 radical (unpaired) electrons. The fourth-order valence-corrected chi connectivity index (χ4v) is 1.43. The normalized spacial score (nSPS) is 9.62. The molecule has 1 aromatic carbocycles. The van der Waals surface area contributed by atoms with Crippen LogP contribution in [-0.2, 0) is 16.1 Å². The topological polar surface area (TPSA) is 58.2 Å². The zero-order chi connectivity index (χ0) is 12.0. The zero-order valence-electron chi connectivity index (χ0n) is 8.92. The molecule has 0 unspecified atom stereocenters. The number of carbonyl (C=O) groups excluding carboxylic acids is 2. The average Bonchev–Trinajstić information content (AvgIpc) is 2.27. The van der Waals surface area contributed by atoms with Gasteiger partial charge in [0.2, 0.25) is 11.8 Å². The van der Waals surface area contributed by atoms with E-state index < -0.39 is 0 Å². The Bertz CT molecular complexity index is 376. The predicted octanol–water partition coefficient (Wildman–Crippen LogP) is 1.70. The molecule has 0 saturated heterocycles. The van der Waals surface area contributed by atoms with Crippen molar-refractivity contribution in [1.82, 2.24) is 5.32 Å². The van der Waals surface area contributed by atoms with E-state index in [0.29, 0.717) is 11.0 Å². The molecule has 2 N–H and O–H groups in total. The quantitative estimate of drug-likeness (QED) is 0.651. The van der Waals surface area contributed by atoms with Gasteiger partial charge in [-0.25, -0.2) is 0 Å². The summed E-state index contributed by atoms with van der Waals surface area (Å²) in [5.74, 6) is -0.0718. The molecule has 2 amide bonds. The number of hydrogen-bond donors (Lipinski definition) is 2. The molecule has 4 nitrogen and oxygen atoms in total. The molecule has 0 heterocycles. The summed E-state index contributed by atoms with van der Waals surface area (Å²) >= 11 is 2.02. The van der Waals surface area contributed by atoms with Gasteiger partial charge in [-0.1, -0.05) is 34.7 Å². The number of halogens is 1. The molecule has 0 spiro atoms.